The molecule has 1 aliphatic rings. The Balaban J connectivity index is 1.58. The summed E-state index contributed by atoms with van der Waals surface area (Å²) >= 11 is 0. The normalized spacial score (nSPS) is 17.6. The number of carbonyl (C=O) groups is 1. The molecule has 0 aliphatic carbocycles. The smallest absolute Gasteiger partial charge is 0.330 e. The number of piperidine rings is 1. The lowest BCUT2D eigenvalue weighted by molar-refractivity contribution is -0.137. The van der Waals surface area contributed by atoms with Crippen LogP contribution in [0.15, 0.2) is 72.5 Å². The first-order chi connectivity index (χ1) is 15.5. The zero-order chi connectivity index (χ0) is 22.8. The second-order valence-corrected chi connectivity index (χ2v) is 7.73. The molecule has 2 aromatic rings. The van der Waals surface area contributed by atoms with Gasteiger partial charge in [-0.3, -0.25) is 0 Å². The summed E-state index contributed by atoms with van der Waals surface area (Å²) < 4.78 is 37.8. The fourth-order valence-electron chi connectivity index (χ4n) is 3.74. The molecule has 0 spiro atoms. The van der Waals surface area contributed by atoms with E-state index in [1.54, 1.807) is 37.3 Å². The van der Waals surface area contributed by atoms with E-state index in [-0.39, 0.29) is 23.7 Å². The maximum Gasteiger partial charge on any atom is 0.330 e. The maximum atomic E-state index is 13.4. The van der Waals surface area contributed by atoms with E-state index in [2.05, 4.69) is 5.32 Å². The Morgan fingerprint density at radius 3 is 2.31 bits per heavy atom. The van der Waals surface area contributed by atoms with Crippen molar-refractivity contribution in [3.05, 3.63) is 95.2 Å². The van der Waals surface area contributed by atoms with Crippen molar-refractivity contribution in [2.24, 2.45) is 5.92 Å². The van der Waals surface area contributed by atoms with Gasteiger partial charge in [0.15, 0.2) is 0 Å². The Morgan fingerprint density at radius 2 is 1.72 bits per heavy atom. The van der Waals surface area contributed by atoms with Crippen molar-refractivity contribution in [2.45, 2.75) is 32.3 Å². The number of ether oxygens (including phenoxy) is 2. The van der Waals surface area contributed by atoms with E-state index in [0.29, 0.717) is 19.1 Å². The number of hydrogen-bond donors (Lipinski definition) is 1. The van der Waals surface area contributed by atoms with Gasteiger partial charge in [-0.25, -0.2) is 13.6 Å². The van der Waals surface area contributed by atoms with Crippen LogP contribution in [-0.4, -0.2) is 25.7 Å². The maximum absolute atomic E-state index is 13.4. The van der Waals surface area contributed by atoms with E-state index in [0.717, 1.165) is 42.6 Å². The minimum absolute atomic E-state index is 0.308. The van der Waals surface area contributed by atoms with Crippen molar-refractivity contribution in [1.82, 2.24) is 5.32 Å². The van der Waals surface area contributed by atoms with Gasteiger partial charge in [0.2, 0.25) is 0 Å². The Labute approximate surface area is 187 Å². The van der Waals surface area contributed by atoms with Gasteiger partial charge < -0.3 is 14.8 Å². The molecule has 170 valence electrons. The monoisotopic (exact) mass is 441 g/mol. The van der Waals surface area contributed by atoms with Crippen molar-refractivity contribution in [3.63, 3.8) is 0 Å². The van der Waals surface area contributed by atoms with Gasteiger partial charge in [-0.15, -0.1) is 0 Å². The van der Waals surface area contributed by atoms with Crippen LogP contribution in [0, 0.1) is 17.6 Å². The zero-order valence-corrected chi connectivity index (χ0v) is 18.2. The zero-order valence-electron chi connectivity index (χ0n) is 18.2. The van der Waals surface area contributed by atoms with Gasteiger partial charge in [-0.2, -0.15) is 0 Å². The third kappa shape index (κ3) is 7.31. The first kappa shape index (κ1) is 23.7. The van der Waals surface area contributed by atoms with Crippen molar-refractivity contribution in [2.75, 3.05) is 19.8 Å². The van der Waals surface area contributed by atoms with Gasteiger partial charge in [-0.05, 0) is 73.6 Å². The average Bonchev–Trinajstić information content (AvgIpc) is 2.79. The highest BCUT2D eigenvalue weighted by Crippen LogP contribution is 2.28. The highest BCUT2D eigenvalue weighted by molar-refractivity contribution is 5.82. The Bertz CT molecular complexity index is 878. The van der Waals surface area contributed by atoms with E-state index in [1.165, 1.54) is 30.3 Å². The topological polar surface area (TPSA) is 47.6 Å². The Hall–Kier alpha value is -2.99. The van der Waals surface area contributed by atoms with Gasteiger partial charge in [0.1, 0.15) is 17.7 Å². The van der Waals surface area contributed by atoms with Crippen molar-refractivity contribution in [3.8, 4) is 0 Å². The van der Waals surface area contributed by atoms with Crippen LogP contribution in [0.5, 0.6) is 0 Å². The fraction of sp³-hybridized carbons (Fsp3) is 0.346. The third-order valence-electron chi connectivity index (χ3n) is 5.39. The predicted molar refractivity (Wildman–Crippen MR) is 120 cm³/mol. The van der Waals surface area contributed by atoms with Crippen LogP contribution < -0.4 is 5.32 Å². The molecule has 0 bridgehead atoms. The summed E-state index contributed by atoms with van der Waals surface area (Å²) in [5.41, 5.74) is 2.73. The van der Waals surface area contributed by atoms with Crippen LogP contribution in [0.1, 0.15) is 43.4 Å². The standard InChI is InChI=1S/C26H29F2NO3/c1-2-31-25(30)5-3-4-24-18-19(14-16-29-24)15-17-32-26(20-6-10-22(27)11-7-20)21-8-12-23(28)13-9-21/h3-13,19,26,29H,2,14-18H2,1H3/b5-3+,24-4+. The number of halogens is 2. The number of benzene rings is 2. The predicted octanol–water partition coefficient (Wildman–Crippen LogP) is 5.46. The largest absolute Gasteiger partial charge is 0.463 e. The molecule has 0 amide bonds. The molecule has 0 saturated carbocycles. The summed E-state index contributed by atoms with van der Waals surface area (Å²) in [5, 5.41) is 3.36. The molecule has 1 aliphatic heterocycles. The summed E-state index contributed by atoms with van der Waals surface area (Å²) in [6.07, 6.45) is 7.40. The molecule has 3 rings (SSSR count). The van der Waals surface area contributed by atoms with Gasteiger partial charge >= 0.3 is 5.97 Å². The minimum Gasteiger partial charge on any atom is -0.463 e. The number of hydrogen-bond acceptors (Lipinski definition) is 4. The lowest BCUT2D eigenvalue weighted by Gasteiger charge is -2.27. The molecule has 1 atom stereocenters. The molecule has 6 heteroatoms. The fourth-order valence-corrected chi connectivity index (χ4v) is 3.74. The van der Waals surface area contributed by atoms with Crippen molar-refractivity contribution >= 4 is 5.97 Å². The summed E-state index contributed by atoms with van der Waals surface area (Å²) in [4.78, 5) is 11.4. The Kier molecular flexibility index (Phi) is 8.99. The lowest BCUT2D eigenvalue weighted by atomic mass is 9.92. The first-order valence-electron chi connectivity index (χ1n) is 11.0. The van der Waals surface area contributed by atoms with Crippen LogP contribution in [0.2, 0.25) is 0 Å². The molecule has 0 radical (unpaired) electrons. The number of esters is 1. The quantitative estimate of drug-likeness (QED) is 0.414. The molecular weight excluding hydrogens is 412 g/mol. The molecule has 1 saturated heterocycles. The second-order valence-electron chi connectivity index (χ2n) is 7.73. The molecule has 2 aromatic carbocycles. The van der Waals surface area contributed by atoms with Gasteiger partial charge in [0, 0.05) is 24.9 Å². The number of carbonyl (C=O) groups excluding carboxylic acids is 1. The van der Waals surface area contributed by atoms with Crippen LogP contribution in [0.4, 0.5) is 8.78 Å². The lowest BCUT2D eigenvalue weighted by Crippen LogP contribution is -2.26. The molecule has 1 N–H and O–H groups in total. The van der Waals surface area contributed by atoms with Crippen LogP contribution in [0.25, 0.3) is 0 Å². The number of rotatable bonds is 9. The van der Waals surface area contributed by atoms with Crippen LogP contribution >= 0.6 is 0 Å². The molecule has 1 unspecified atom stereocenters. The van der Waals surface area contributed by atoms with Crippen LogP contribution in [0.3, 0.4) is 0 Å². The first-order valence-corrected chi connectivity index (χ1v) is 11.0. The highest BCUT2D eigenvalue weighted by Gasteiger charge is 2.19. The molecule has 32 heavy (non-hydrogen) atoms. The third-order valence-corrected chi connectivity index (χ3v) is 5.39. The van der Waals surface area contributed by atoms with Gasteiger partial charge in [0.25, 0.3) is 0 Å². The van der Waals surface area contributed by atoms with Gasteiger partial charge in [-0.1, -0.05) is 30.3 Å². The average molecular weight is 442 g/mol. The van der Waals surface area contributed by atoms with E-state index >= 15 is 0 Å². The summed E-state index contributed by atoms with van der Waals surface area (Å²) in [5.74, 6) is -0.520. The van der Waals surface area contributed by atoms with E-state index in [4.69, 9.17) is 9.47 Å². The Morgan fingerprint density at radius 1 is 1.09 bits per heavy atom. The number of nitrogens with one attached hydrogen (secondary N) is 1. The second kappa shape index (κ2) is 12.2. The summed E-state index contributed by atoms with van der Waals surface area (Å²) in [7, 11) is 0. The minimum atomic E-state index is -0.388. The molecule has 1 fully saturated rings. The summed E-state index contributed by atoms with van der Waals surface area (Å²) in [6, 6.07) is 12.4. The van der Waals surface area contributed by atoms with Crippen LogP contribution in [-0.2, 0) is 14.3 Å². The molecule has 4 nitrogen and oxygen atoms in total. The SMILES string of the molecule is CCOC(=O)/C=C/C=C1\CC(CCOC(c2ccc(F)cc2)c2ccc(F)cc2)CCN1. The van der Waals surface area contributed by atoms with E-state index in [9.17, 15) is 13.6 Å². The van der Waals surface area contributed by atoms with E-state index < -0.39 is 0 Å². The van der Waals surface area contributed by atoms with Crippen molar-refractivity contribution < 1.29 is 23.0 Å². The molecule has 1 heterocycles. The van der Waals surface area contributed by atoms with Gasteiger partial charge in [0.05, 0.1) is 6.61 Å². The molecule has 0 aromatic heterocycles. The summed E-state index contributed by atoms with van der Waals surface area (Å²) in [6.45, 7) is 3.52. The number of allylic oxidation sites excluding steroid dienone is 3. The van der Waals surface area contributed by atoms with Crippen molar-refractivity contribution in [1.29, 1.82) is 0 Å². The molecular formula is C26H29F2NO3. The highest BCUT2D eigenvalue weighted by atomic mass is 19.1. The van der Waals surface area contributed by atoms with E-state index in [1.807, 2.05) is 6.08 Å².